The molecule has 1 N–H and O–H groups in total. The number of nitrogens with one attached hydrogen (secondary N) is 1. The van der Waals surface area contributed by atoms with Crippen LogP contribution in [0.25, 0.3) is 6.08 Å². The highest BCUT2D eigenvalue weighted by Crippen LogP contribution is 2.14. The number of likely N-dealkylation sites (N-methyl/N-ethyl adjacent to an activating group) is 1. The quantitative estimate of drug-likeness (QED) is 0.800. The molecule has 0 aliphatic rings. The zero-order valence-corrected chi connectivity index (χ0v) is 13.7. The molecule has 0 unspecified atom stereocenters. The van der Waals surface area contributed by atoms with E-state index in [4.69, 9.17) is 0 Å². The highest BCUT2D eigenvalue weighted by molar-refractivity contribution is 5.91. The van der Waals surface area contributed by atoms with E-state index >= 15 is 0 Å². The maximum atomic E-state index is 11.8. The van der Waals surface area contributed by atoms with E-state index in [-0.39, 0.29) is 5.91 Å². The van der Waals surface area contributed by atoms with Crippen LogP contribution < -0.4 is 10.2 Å². The summed E-state index contributed by atoms with van der Waals surface area (Å²) >= 11 is 0. The zero-order chi connectivity index (χ0) is 16.5. The van der Waals surface area contributed by atoms with E-state index in [0.29, 0.717) is 6.54 Å². The van der Waals surface area contributed by atoms with E-state index in [2.05, 4.69) is 53.3 Å². The Hall–Kier alpha value is -2.62. The first-order valence-corrected chi connectivity index (χ1v) is 7.87. The number of carbonyl (C=O) groups is 1. The molecule has 1 aromatic carbocycles. The molecule has 0 fully saturated rings. The minimum absolute atomic E-state index is 0.101. The smallest absolute Gasteiger partial charge is 0.244 e. The summed E-state index contributed by atoms with van der Waals surface area (Å²) in [6.45, 7) is 6.49. The largest absolute Gasteiger partial charge is 0.370 e. The van der Waals surface area contributed by atoms with Gasteiger partial charge in [-0.05, 0) is 49.8 Å². The number of rotatable bonds is 7. The van der Waals surface area contributed by atoms with Crippen LogP contribution >= 0.6 is 0 Å². The SMILES string of the molecule is CCN(CCNC(=O)/C=C\c1ccccn1)c1cccc(C)c1. The number of hydrogen-bond donors (Lipinski definition) is 1. The lowest BCUT2D eigenvalue weighted by Crippen LogP contribution is -2.34. The topological polar surface area (TPSA) is 45.2 Å². The Morgan fingerprint density at radius 2 is 2.13 bits per heavy atom. The number of amides is 1. The van der Waals surface area contributed by atoms with Gasteiger partial charge in [0.1, 0.15) is 0 Å². The van der Waals surface area contributed by atoms with Crippen molar-refractivity contribution in [2.75, 3.05) is 24.5 Å². The number of hydrogen-bond acceptors (Lipinski definition) is 3. The zero-order valence-electron chi connectivity index (χ0n) is 13.7. The molecule has 120 valence electrons. The van der Waals surface area contributed by atoms with E-state index < -0.39 is 0 Å². The monoisotopic (exact) mass is 309 g/mol. The molecule has 0 radical (unpaired) electrons. The first kappa shape index (κ1) is 16.7. The van der Waals surface area contributed by atoms with Crippen LogP contribution in [0.15, 0.2) is 54.7 Å². The second-order valence-corrected chi connectivity index (χ2v) is 5.30. The molecular weight excluding hydrogens is 286 g/mol. The van der Waals surface area contributed by atoms with Gasteiger partial charge < -0.3 is 10.2 Å². The van der Waals surface area contributed by atoms with E-state index in [1.165, 1.54) is 17.3 Å². The van der Waals surface area contributed by atoms with Crippen molar-refractivity contribution in [2.45, 2.75) is 13.8 Å². The molecule has 0 aliphatic heterocycles. The second-order valence-electron chi connectivity index (χ2n) is 5.30. The molecule has 0 aliphatic carbocycles. The fourth-order valence-corrected chi connectivity index (χ4v) is 2.30. The Morgan fingerprint density at radius 3 is 2.83 bits per heavy atom. The van der Waals surface area contributed by atoms with Crippen molar-refractivity contribution in [1.29, 1.82) is 0 Å². The van der Waals surface area contributed by atoms with Gasteiger partial charge in [-0.3, -0.25) is 9.78 Å². The summed E-state index contributed by atoms with van der Waals surface area (Å²) in [6.07, 6.45) is 4.94. The minimum atomic E-state index is -0.101. The summed E-state index contributed by atoms with van der Waals surface area (Å²) in [4.78, 5) is 18.2. The summed E-state index contributed by atoms with van der Waals surface area (Å²) in [5, 5.41) is 2.91. The number of pyridine rings is 1. The van der Waals surface area contributed by atoms with Crippen LogP contribution in [0.2, 0.25) is 0 Å². The van der Waals surface area contributed by atoms with Gasteiger partial charge in [0.15, 0.2) is 0 Å². The van der Waals surface area contributed by atoms with Crippen molar-refractivity contribution in [2.24, 2.45) is 0 Å². The van der Waals surface area contributed by atoms with Crippen molar-refractivity contribution >= 4 is 17.7 Å². The molecule has 0 saturated heterocycles. The van der Waals surface area contributed by atoms with Crippen LogP contribution in [-0.2, 0) is 4.79 Å². The van der Waals surface area contributed by atoms with Crippen molar-refractivity contribution in [3.63, 3.8) is 0 Å². The van der Waals surface area contributed by atoms with Crippen LogP contribution in [0.5, 0.6) is 0 Å². The first-order chi connectivity index (χ1) is 11.2. The van der Waals surface area contributed by atoms with Gasteiger partial charge in [0.2, 0.25) is 5.91 Å². The summed E-state index contributed by atoms with van der Waals surface area (Å²) < 4.78 is 0. The van der Waals surface area contributed by atoms with Crippen molar-refractivity contribution in [3.8, 4) is 0 Å². The molecule has 1 aromatic heterocycles. The molecule has 4 heteroatoms. The van der Waals surface area contributed by atoms with E-state index in [1.54, 1.807) is 12.3 Å². The van der Waals surface area contributed by atoms with Crippen LogP contribution in [0.1, 0.15) is 18.2 Å². The standard InChI is InChI=1S/C19H23N3O/c1-3-22(18-9-6-7-16(2)15-18)14-13-21-19(23)11-10-17-8-4-5-12-20-17/h4-12,15H,3,13-14H2,1-2H3,(H,21,23)/b11-10-. The highest BCUT2D eigenvalue weighted by Gasteiger charge is 2.04. The molecule has 1 amide bonds. The number of aryl methyl sites for hydroxylation is 1. The molecule has 0 spiro atoms. The van der Waals surface area contributed by atoms with E-state index in [0.717, 1.165) is 18.8 Å². The summed E-state index contributed by atoms with van der Waals surface area (Å²) in [7, 11) is 0. The summed E-state index contributed by atoms with van der Waals surface area (Å²) in [5.41, 5.74) is 3.20. The third kappa shape index (κ3) is 5.58. The summed E-state index contributed by atoms with van der Waals surface area (Å²) in [6, 6.07) is 14.0. The maximum Gasteiger partial charge on any atom is 0.244 e. The maximum absolute atomic E-state index is 11.8. The number of benzene rings is 1. The summed E-state index contributed by atoms with van der Waals surface area (Å²) in [5.74, 6) is -0.101. The molecule has 1 heterocycles. The van der Waals surface area contributed by atoms with Gasteiger partial charge in [-0.15, -0.1) is 0 Å². The normalized spacial score (nSPS) is 10.7. The third-order valence-corrected chi connectivity index (χ3v) is 3.52. The number of carbonyl (C=O) groups excluding carboxylic acids is 1. The average molecular weight is 309 g/mol. The molecule has 4 nitrogen and oxygen atoms in total. The second kappa shape index (κ2) is 8.73. The van der Waals surface area contributed by atoms with Gasteiger partial charge in [0.25, 0.3) is 0 Å². The van der Waals surface area contributed by atoms with Crippen molar-refractivity contribution < 1.29 is 4.79 Å². The van der Waals surface area contributed by atoms with E-state index in [9.17, 15) is 4.79 Å². The lowest BCUT2D eigenvalue weighted by atomic mass is 10.2. The van der Waals surface area contributed by atoms with Crippen LogP contribution in [-0.4, -0.2) is 30.5 Å². The van der Waals surface area contributed by atoms with E-state index in [1.807, 2.05) is 18.2 Å². The van der Waals surface area contributed by atoms with Gasteiger partial charge in [0, 0.05) is 37.6 Å². The predicted octanol–water partition coefficient (Wildman–Crippen LogP) is 3.05. The van der Waals surface area contributed by atoms with Crippen LogP contribution in [0.3, 0.4) is 0 Å². The van der Waals surface area contributed by atoms with Crippen molar-refractivity contribution in [3.05, 3.63) is 66.0 Å². The lowest BCUT2D eigenvalue weighted by Gasteiger charge is -2.23. The lowest BCUT2D eigenvalue weighted by molar-refractivity contribution is -0.116. The molecule has 0 bridgehead atoms. The fraction of sp³-hybridized carbons (Fsp3) is 0.263. The van der Waals surface area contributed by atoms with Gasteiger partial charge >= 0.3 is 0 Å². The number of aromatic nitrogens is 1. The van der Waals surface area contributed by atoms with Crippen LogP contribution in [0.4, 0.5) is 5.69 Å². The number of nitrogens with zero attached hydrogens (tertiary/aromatic N) is 2. The molecule has 0 saturated carbocycles. The first-order valence-electron chi connectivity index (χ1n) is 7.87. The predicted molar refractivity (Wildman–Crippen MR) is 95.3 cm³/mol. The Morgan fingerprint density at radius 1 is 1.26 bits per heavy atom. The molecule has 0 atom stereocenters. The van der Waals surface area contributed by atoms with Crippen LogP contribution in [0, 0.1) is 6.92 Å². The van der Waals surface area contributed by atoms with Gasteiger partial charge in [-0.1, -0.05) is 18.2 Å². The molecule has 23 heavy (non-hydrogen) atoms. The van der Waals surface area contributed by atoms with Gasteiger partial charge in [-0.2, -0.15) is 0 Å². The fourth-order valence-electron chi connectivity index (χ4n) is 2.30. The van der Waals surface area contributed by atoms with Gasteiger partial charge in [-0.25, -0.2) is 0 Å². The van der Waals surface area contributed by atoms with Gasteiger partial charge in [0.05, 0.1) is 5.69 Å². The highest BCUT2D eigenvalue weighted by atomic mass is 16.1. The Kier molecular flexibility index (Phi) is 6.36. The molecule has 2 rings (SSSR count). The third-order valence-electron chi connectivity index (χ3n) is 3.52. The molecular formula is C19H23N3O. The van der Waals surface area contributed by atoms with Crippen molar-refractivity contribution in [1.82, 2.24) is 10.3 Å². The minimum Gasteiger partial charge on any atom is -0.370 e. The Balaban J connectivity index is 1.81. The Bertz CT molecular complexity index is 653. The average Bonchev–Trinajstić information content (AvgIpc) is 2.58. The number of anilines is 1. The Labute approximate surface area is 137 Å². The molecule has 2 aromatic rings.